The van der Waals surface area contributed by atoms with Gasteiger partial charge in [0.15, 0.2) is 0 Å². The van der Waals surface area contributed by atoms with Crippen LogP contribution in [0.2, 0.25) is 0 Å². The summed E-state index contributed by atoms with van der Waals surface area (Å²) in [5, 5.41) is 4.08. The fraction of sp³-hybridized carbons (Fsp3) is 0.462. The Morgan fingerprint density at radius 2 is 1.75 bits per heavy atom. The zero-order chi connectivity index (χ0) is 11.8. The molecule has 0 atom stereocenters. The highest BCUT2D eigenvalue weighted by molar-refractivity contribution is 5.83. The zero-order valence-electron chi connectivity index (χ0n) is 10.2. The summed E-state index contributed by atoms with van der Waals surface area (Å²) in [6, 6.07) is 7.80. The second-order valence-electron chi connectivity index (χ2n) is 3.49. The number of rotatable bonds is 6. The summed E-state index contributed by atoms with van der Waals surface area (Å²) in [7, 11) is 1.66. The van der Waals surface area contributed by atoms with Crippen molar-refractivity contribution in [2.24, 2.45) is 5.16 Å². The zero-order valence-corrected chi connectivity index (χ0v) is 10.2. The van der Waals surface area contributed by atoms with Crippen LogP contribution in [0.25, 0.3) is 0 Å². The third kappa shape index (κ3) is 3.93. The minimum absolute atomic E-state index is 0.507. The van der Waals surface area contributed by atoms with E-state index in [0.29, 0.717) is 6.61 Å². The molecule has 0 spiro atoms. The number of hydrogen-bond donors (Lipinski definition) is 0. The molecule has 0 aliphatic heterocycles. The smallest absolute Gasteiger partial charge is 0.142 e. The van der Waals surface area contributed by atoms with Crippen LogP contribution >= 0.6 is 0 Å². The van der Waals surface area contributed by atoms with Crippen LogP contribution in [0.15, 0.2) is 29.4 Å². The van der Waals surface area contributed by atoms with E-state index in [1.165, 1.54) is 0 Å². The second-order valence-corrected chi connectivity index (χ2v) is 3.49. The number of nitrogens with zero attached hydrogens (tertiary/aromatic N) is 1. The minimum atomic E-state index is 0.507. The van der Waals surface area contributed by atoms with Gasteiger partial charge < -0.3 is 9.57 Å². The van der Waals surface area contributed by atoms with E-state index in [9.17, 15) is 0 Å². The highest BCUT2D eigenvalue weighted by atomic mass is 16.6. The Balaban J connectivity index is 2.45. The molecule has 88 valence electrons. The van der Waals surface area contributed by atoms with Crippen molar-refractivity contribution < 1.29 is 9.57 Å². The summed E-state index contributed by atoms with van der Waals surface area (Å²) in [6.45, 7) is 4.67. The maximum atomic E-state index is 5.28. The average Bonchev–Trinajstić information content (AvgIpc) is 2.35. The van der Waals surface area contributed by atoms with Crippen molar-refractivity contribution in [3.63, 3.8) is 0 Å². The van der Waals surface area contributed by atoms with Crippen LogP contribution in [0.3, 0.4) is 0 Å². The van der Waals surface area contributed by atoms with Gasteiger partial charge >= 0.3 is 0 Å². The lowest BCUT2D eigenvalue weighted by Gasteiger charge is -2.03. The minimum Gasteiger partial charge on any atom is -0.497 e. The van der Waals surface area contributed by atoms with Gasteiger partial charge in [-0.2, -0.15) is 0 Å². The van der Waals surface area contributed by atoms with Crippen LogP contribution in [0, 0.1) is 0 Å². The topological polar surface area (TPSA) is 30.8 Å². The molecular formula is C13H19NO2. The Hall–Kier alpha value is -1.51. The Morgan fingerprint density at radius 1 is 1.12 bits per heavy atom. The number of hydrogen-bond acceptors (Lipinski definition) is 3. The largest absolute Gasteiger partial charge is 0.497 e. The van der Waals surface area contributed by atoms with Crippen molar-refractivity contribution in [2.45, 2.75) is 33.3 Å². The first kappa shape index (κ1) is 12.6. The van der Waals surface area contributed by atoms with Crippen LogP contribution in [-0.4, -0.2) is 12.8 Å². The van der Waals surface area contributed by atoms with Crippen molar-refractivity contribution in [3.8, 4) is 5.75 Å². The average molecular weight is 221 g/mol. The predicted octanol–water partition coefficient (Wildman–Crippen LogP) is 3.39. The van der Waals surface area contributed by atoms with Gasteiger partial charge in [0.05, 0.1) is 12.8 Å². The molecule has 0 unspecified atom stereocenters. The van der Waals surface area contributed by atoms with E-state index in [4.69, 9.17) is 9.57 Å². The molecule has 1 aromatic rings. The molecule has 0 aromatic heterocycles. The third-order valence-corrected chi connectivity index (χ3v) is 2.40. The van der Waals surface area contributed by atoms with Crippen LogP contribution in [0.1, 0.15) is 32.3 Å². The fourth-order valence-corrected chi connectivity index (χ4v) is 1.30. The van der Waals surface area contributed by atoms with Crippen LogP contribution in [0.4, 0.5) is 0 Å². The van der Waals surface area contributed by atoms with Crippen molar-refractivity contribution >= 4 is 5.71 Å². The number of ether oxygens (including phenoxy) is 1. The first-order valence-corrected chi connectivity index (χ1v) is 5.60. The van der Waals surface area contributed by atoms with E-state index in [-0.39, 0.29) is 0 Å². The number of methoxy groups -OCH3 is 1. The van der Waals surface area contributed by atoms with E-state index in [1.54, 1.807) is 7.11 Å². The highest BCUT2D eigenvalue weighted by Crippen LogP contribution is 2.12. The van der Waals surface area contributed by atoms with Gasteiger partial charge in [0.1, 0.15) is 12.4 Å². The summed E-state index contributed by atoms with van der Waals surface area (Å²) in [5.74, 6) is 0.857. The molecule has 0 radical (unpaired) electrons. The van der Waals surface area contributed by atoms with Crippen molar-refractivity contribution in [1.29, 1.82) is 0 Å². The summed E-state index contributed by atoms with van der Waals surface area (Å²) in [5.41, 5.74) is 2.18. The van der Waals surface area contributed by atoms with Gasteiger partial charge in [-0.25, -0.2) is 0 Å². The molecule has 1 rings (SSSR count). The van der Waals surface area contributed by atoms with Crippen molar-refractivity contribution in [3.05, 3.63) is 29.8 Å². The molecule has 0 heterocycles. The Morgan fingerprint density at radius 3 is 2.25 bits per heavy atom. The first-order valence-electron chi connectivity index (χ1n) is 5.60. The van der Waals surface area contributed by atoms with Gasteiger partial charge in [-0.15, -0.1) is 0 Å². The molecule has 0 bridgehead atoms. The maximum Gasteiger partial charge on any atom is 0.142 e. The second kappa shape index (κ2) is 6.88. The van der Waals surface area contributed by atoms with Gasteiger partial charge in [-0.1, -0.05) is 31.1 Å². The van der Waals surface area contributed by atoms with Gasteiger partial charge in [0.2, 0.25) is 0 Å². The monoisotopic (exact) mass is 221 g/mol. The summed E-state index contributed by atoms with van der Waals surface area (Å²) in [6.07, 6.45) is 1.89. The number of oxime groups is 1. The van der Waals surface area contributed by atoms with E-state index in [0.717, 1.165) is 29.9 Å². The van der Waals surface area contributed by atoms with E-state index in [1.807, 2.05) is 24.3 Å². The normalized spacial score (nSPS) is 9.69. The van der Waals surface area contributed by atoms with Gasteiger partial charge in [0.25, 0.3) is 0 Å². The lowest BCUT2D eigenvalue weighted by Crippen LogP contribution is -1.96. The number of benzene rings is 1. The first-order chi connectivity index (χ1) is 7.80. The molecule has 0 N–H and O–H groups in total. The molecule has 1 aromatic carbocycles. The predicted molar refractivity (Wildman–Crippen MR) is 65.8 cm³/mol. The Bertz CT molecular complexity index is 324. The van der Waals surface area contributed by atoms with Gasteiger partial charge in [0, 0.05) is 0 Å². The lowest BCUT2D eigenvalue weighted by atomic mass is 10.2. The molecule has 0 aliphatic rings. The summed E-state index contributed by atoms with van der Waals surface area (Å²) in [4.78, 5) is 5.28. The molecule has 0 fully saturated rings. The summed E-state index contributed by atoms with van der Waals surface area (Å²) >= 11 is 0. The molecule has 0 saturated carbocycles. The maximum absolute atomic E-state index is 5.28. The van der Waals surface area contributed by atoms with Crippen LogP contribution < -0.4 is 4.74 Å². The third-order valence-electron chi connectivity index (χ3n) is 2.40. The lowest BCUT2D eigenvalue weighted by molar-refractivity contribution is 0.129. The van der Waals surface area contributed by atoms with E-state index in [2.05, 4.69) is 19.0 Å². The quantitative estimate of drug-likeness (QED) is 0.544. The molecule has 3 heteroatoms. The standard InChI is InChI=1S/C13H19NO2/c1-4-12(5-2)14-16-10-11-6-8-13(15-3)9-7-11/h6-9H,4-5,10H2,1-3H3. The highest BCUT2D eigenvalue weighted by Gasteiger charge is 1.96. The molecule has 0 amide bonds. The SMILES string of the molecule is CCC(CC)=NOCc1ccc(OC)cc1. The van der Waals surface area contributed by atoms with Crippen molar-refractivity contribution in [1.82, 2.24) is 0 Å². The van der Waals surface area contributed by atoms with E-state index < -0.39 is 0 Å². The van der Waals surface area contributed by atoms with E-state index >= 15 is 0 Å². The molecule has 16 heavy (non-hydrogen) atoms. The van der Waals surface area contributed by atoms with Gasteiger partial charge in [-0.05, 0) is 30.5 Å². The molecular weight excluding hydrogens is 202 g/mol. The molecule has 0 saturated heterocycles. The van der Waals surface area contributed by atoms with Crippen molar-refractivity contribution in [2.75, 3.05) is 7.11 Å². The fourth-order valence-electron chi connectivity index (χ4n) is 1.30. The summed E-state index contributed by atoms with van der Waals surface area (Å²) < 4.78 is 5.08. The van der Waals surface area contributed by atoms with Crippen LogP contribution in [-0.2, 0) is 11.4 Å². The Kier molecular flexibility index (Phi) is 5.40. The Labute approximate surface area is 97.1 Å². The van der Waals surface area contributed by atoms with Crippen LogP contribution in [0.5, 0.6) is 5.75 Å². The van der Waals surface area contributed by atoms with Gasteiger partial charge in [-0.3, -0.25) is 0 Å². The molecule has 0 aliphatic carbocycles. The molecule has 3 nitrogen and oxygen atoms in total.